The Balaban J connectivity index is 1.39. The van der Waals surface area contributed by atoms with Gasteiger partial charge in [-0.3, -0.25) is 0 Å². The molecular formula is C22H24F3N3O. The van der Waals surface area contributed by atoms with Gasteiger partial charge >= 0.3 is 6.18 Å². The van der Waals surface area contributed by atoms with Crippen molar-refractivity contribution in [3.05, 3.63) is 58.7 Å². The van der Waals surface area contributed by atoms with E-state index in [9.17, 15) is 13.2 Å². The minimum absolute atomic E-state index is 0.475. The molecule has 0 saturated carbocycles. The van der Waals surface area contributed by atoms with Crippen LogP contribution in [-0.2, 0) is 24.1 Å². The summed E-state index contributed by atoms with van der Waals surface area (Å²) in [5, 5.41) is 6.92. The summed E-state index contributed by atoms with van der Waals surface area (Å²) in [5.74, 6) is 0.475. The Labute approximate surface area is 168 Å². The van der Waals surface area contributed by atoms with Crippen molar-refractivity contribution < 1.29 is 17.9 Å². The van der Waals surface area contributed by atoms with Crippen molar-refractivity contribution in [2.24, 2.45) is 0 Å². The lowest BCUT2D eigenvalue weighted by Gasteiger charge is -2.33. The van der Waals surface area contributed by atoms with Crippen molar-refractivity contribution in [2.45, 2.75) is 37.7 Å². The third kappa shape index (κ3) is 3.46. The maximum absolute atomic E-state index is 12.8. The van der Waals surface area contributed by atoms with Gasteiger partial charge in [0.2, 0.25) is 0 Å². The van der Waals surface area contributed by atoms with Gasteiger partial charge in [0.05, 0.1) is 18.8 Å². The highest BCUT2D eigenvalue weighted by Gasteiger charge is 2.41. The third-order valence-electron chi connectivity index (χ3n) is 6.26. The van der Waals surface area contributed by atoms with E-state index in [0.717, 1.165) is 56.0 Å². The predicted molar refractivity (Wildman–Crippen MR) is 106 cm³/mol. The van der Waals surface area contributed by atoms with Crippen molar-refractivity contribution in [3.8, 4) is 0 Å². The van der Waals surface area contributed by atoms with Crippen molar-refractivity contribution in [2.75, 3.05) is 36.5 Å². The Bertz CT molecular complexity index is 897. The van der Waals surface area contributed by atoms with E-state index in [2.05, 4.69) is 27.7 Å². The summed E-state index contributed by atoms with van der Waals surface area (Å²) in [7, 11) is 0. The molecule has 3 aliphatic heterocycles. The fraction of sp³-hybridized carbons (Fsp3) is 0.455. The lowest BCUT2D eigenvalue weighted by molar-refractivity contribution is -0.137. The summed E-state index contributed by atoms with van der Waals surface area (Å²) < 4.78 is 44.1. The van der Waals surface area contributed by atoms with Gasteiger partial charge in [-0.05, 0) is 48.4 Å². The van der Waals surface area contributed by atoms with Crippen molar-refractivity contribution in [1.82, 2.24) is 5.32 Å². The van der Waals surface area contributed by atoms with E-state index < -0.39 is 11.7 Å². The van der Waals surface area contributed by atoms with Crippen LogP contribution in [0, 0.1) is 0 Å². The molecule has 0 bridgehead atoms. The van der Waals surface area contributed by atoms with Crippen molar-refractivity contribution >= 4 is 11.4 Å². The summed E-state index contributed by atoms with van der Waals surface area (Å²) in [6, 6.07) is 10.2. The molecule has 3 heterocycles. The van der Waals surface area contributed by atoms with Crippen LogP contribution in [0.1, 0.15) is 34.6 Å². The molecule has 0 spiro atoms. The van der Waals surface area contributed by atoms with Gasteiger partial charge in [-0.1, -0.05) is 12.1 Å². The van der Waals surface area contributed by atoms with Gasteiger partial charge in [-0.15, -0.1) is 0 Å². The number of hydrogen-bond donors (Lipinski definition) is 2. The van der Waals surface area contributed by atoms with E-state index in [1.807, 2.05) is 0 Å². The number of anilines is 2. The molecular weight excluding hydrogens is 379 g/mol. The fourth-order valence-electron chi connectivity index (χ4n) is 4.90. The maximum atomic E-state index is 12.8. The molecule has 0 aromatic heterocycles. The average Bonchev–Trinajstić information content (AvgIpc) is 2.87. The van der Waals surface area contributed by atoms with E-state index in [1.165, 1.54) is 28.9 Å². The SMILES string of the molecule is FC(F)(F)c1ccc(CNc2cc3c4c(c2)[C@@H]2CNCC[C@@H]2N4CCOC3)cc1. The minimum Gasteiger partial charge on any atom is -0.381 e. The highest BCUT2D eigenvalue weighted by Crippen LogP contribution is 2.47. The minimum atomic E-state index is -4.30. The number of hydrogen-bond acceptors (Lipinski definition) is 4. The largest absolute Gasteiger partial charge is 0.416 e. The number of benzene rings is 2. The zero-order valence-corrected chi connectivity index (χ0v) is 16.1. The lowest BCUT2D eigenvalue weighted by Crippen LogP contribution is -2.44. The Kier molecular flexibility index (Phi) is 4.67. The van der Waals surface area contributed by atoms with Gasteiger partial charge in [0.15, 0.2) is 0 Å². The number of nitrogens with zero attached hydrogens (tertiary/aromatic N) is 1. The first-order chi connectivity index (χ1) is 14.0. The number of nitrogens with one attached hydrogen (secondary N) is 2. The normalized spacial score (nSPS) is 23.3. The number of fused-ring (bicyclic) bond motifs is 3. The third-order valence-corrected chi connectivity index (χ3v) is 6.26. The summed E-state index contributed by atoms with van der Waals surface area (Å²) in [5.41, 5.74) is 5.09. The predicted octanol–water partition coefficient (Wildman–Crippen LogP) is 4.11. The maximum Gasteiger partial charge on any atom is 0.416 e. The van der Waals surface area contributed by atoms with E-state index >= 15 is 0 Å². The Hall–Kier alpha value is -2.25. The summed E-state index contributed by atoms with van der Waals surface area (Å²) in [6.07, 6.45) is -3.17. The number of halogens is 3. The van der Waals surface area contributed by atoms with Gasteiger partial charge < -0.3 is 20.3 Å². The van der Waals surface area contributed by atoms with Crippen molar-refractivity contribution in [1.29, 1.82) is 0 Å². The van der Waals surface area contributed by atoms with Crippen LogP contribution < -0.4 is 15.5 Å². The zero-order valence-electron chi connectivity index (χ0n) is 16.1. The first-order valence-corrected chi connectivity index (χ1v) is 10.1. The highest BCUT2D eigenvalue weighted by molar-refractivity contribution is 5.72. The van der Waals surface area contributed by atoms with Crippen LogP contribution in [0.2, 0.25) is 0 Å². The van der Waals surface area contributed by atoms with E-state index in [0.29, 0.717) is 25.1 Å². The Morgan fingerprint density at radius 2 is 2.00 bits per heavy atom. The number of rotatable bonds is 3. The second kappa shape index (κ2) is 7.22. The summed E-state index contributed by atoms with van der Waals surface area (Å²) >= 11 is 0. The topological polar surface area (TPSA) is 36.5 Å². The number of alkyl halides is 3. The molecule has 1 fully saturated rings. The molecule has 4 nitrogen and oxygen atoms in total. The van der Waals surface area contributed by atoms with E-state index in [4.69, 9.17) is 4.74 Å². The van der Waals surface area contributed by atoms with Gasteiger partial charge in [-0.2, -0.15) is 13.2 Å². The molecule has 154 valence electrons. The molecule has 2 aromatic rings. The lowest BCUT2D eigenvalue weighted by atomic mass is 9.89. The fourth-order valence-corrected chi connectivity index (χ4v) is 4.90. The standard InChI is InChI=1S/C22H24F3N3O/c23-22(24,25)16-3-1-14(2-4-16)11-27-17-9-15-13-29-8-7-28-20-5-6-26-12-19(20)18(10-17)21(15)28/h1-4,9-10,19-20,26-27H,5-8,11-13H2/t19-,20-/m0/s1. The van der Waals surface area contributed by atoms with Gasteiger partial charge in [0.1, 0.15) is 0 Å². The number of piperidine rings is 1. The summed E-state index contributed by atoms with van der Waals surface area (Å²) in [6.45, 7) is 4.77. The summed E-state index contributed by atoms with van der Waals surface area (Å²) in [4.78, 5) is 2.53. The van der Waals surface area contributed by atoms with Crippen molar-refractivity contribution in [3.63, 3.8) is 0 Å². The van der Waals surface area contributed by atoms with E-state index in [-0.39, 0.29) is 0 Å². The van der Waals surface area contributed by atoms with Gasteiger partial charge in [0.25, 0.3) is 0 Å². The zero-order chi connectivity index (χ0) is 20.0. The van der Waals surface area contributed by atoms with Crippen LogP contribution in [0.4, 0.5) is 24.5 Å². The van der Waals surface area contributed by atoms with Crippen LogP contribution in [0.5, 0.6) is 0 Å². The van der Waals surface area contributed by atoms with Crippen LogP contribution in [0.3, 0.4) is 0 Å². The number of ether oxygens (including phenoxy) is 1. The first kappa shape index (κ1) is 18.8. The van der Waals surface area contributed by atoms with Crippen LogP contribution >= 0.6 is 0 Å². The second-order valence-corrected chi connectivity index (χ2v) is 8.03. The molecule has 7 heteroatoms. The van der Waals surface area contributed by atoms with Crippen LogP contribution in [0.25, 0.3) is 0 Å². The molecule has 1 saturated heterocycles. The molecule has 5 rings (SSSR count). The molecule has 0 amide bonds. The smallest absolute Gasteiger partial charge is 0.381 e. The van der Waals surface area contributed by atoms with Crippen LogP contribution in [-0.4, -0.2) is 32.3 Å². The first-order valence-electron chi connectivity index (χ1n) is 10.1. The average molecular weight is 403 g/mol. The van der Waals surface area contributed by atoms with Gasteiger partial charge in [0, 0.05) is 48.5 Å². The van der Waals surface area contributed by atoms with Gasteiger partial charge in [-0.25, -0.2) is 0 Å². The molecule has 2 aromatic carbocycles. The monoisotopic (exact) mass is 403 g/mol. The quantitative estimate of drug-likeness (QED) is 0.809. The highest BCUT2D eigenvalue weighted by atomic mass is 19.4. The van der Waals surface area contributed by atoms with E-state index in [1.54, 1.807) is 0 Å². The molecule has 0 unspecified atom stereocenters. The molecule has 3 aliphatic rings. The molecule has 0 radical (unpaired) electrons. The Morgan fingerprint density at radius 3 is 2.79 bits per heavy atom. The molecule has 2 N–H and O–H groups in total. The molecule has 0 aliphatic carbocycles. The molecule has 29 heavy (non-hydrogen) atoms. The Morgan fingerprint density at radius 1 is 1.17 bits per heavy atom. The van der Waals surface area contributed by atoms with Crippen LogP contribution in [0.15, 0.2) is 36.4 Å². The molecule has 2 atom stereocenters. The second-order valence-electron chi connectivity index (χ2n) is 8.03.